The molecule has 0 atom stereocenters. The molecule has 0 saturated heterocycles. The van der Waals surface area contributed by atoms with E-state index < -0.39 is 11.8 Å². The van der Waals surface area contributed by atoms with Crippen LogP contribution >= 0.6 is 11.8 Å². The van der Waals surface area contributed by atoms with Crippen molar-refractivity contribution in [2.24, 2.45) is 0 Å². The van der Waals surface area contributed by atoms with Gasteiger partial charge in [-0.3, -0.25) is 9.59 Å². The van der Waals surface area contributed by atoms with Gasteiger partial charge in [0.25, 0.3) is 0 Å². The monoisotopic (exact) mass is 337 g/mol. The first kappa shape index (κ1) is 16.1. The molecule has 1 heterocycles. The Hall–Kier alpha value is -2.78. The van der Waals surface area contributed by atoms with Gasteiger partial charge in [-0.1, -0.05) is 24.3 Å². The van der Waals surface area contributed by atoms with Crippen molar-refractivity contribution in [1.29, 1.82) is 5.26 Å². The highest BCUT2D eigenvalue weighted by Gasteiger charge is 2.25. The molecule has 2 aromatic rings. The maximum atomic E-state index is 12.3. The molecule has 24 heavy (non-hydrogen) atoms. The van der Waals surface area contributed by atoms with Crippen LogP contribution in [0.2, 0.25) is 0 Å². The number of nitrogens with zero attached hydrogens (tertiary/aromatic N) is 2. The zero-order chi connectivity index (χ0) is 16.9. The van der Waals surface area contributed by atoms with Crippen molar-refractivity contribution in [3.8, 4) is 5.40 Å². The van der Waals surface area contributed by atoms with Gasteiger partial charge in [-0.05, 0) is 53.6 Å². The van der Waals surface area contributed by atoms with Gasteiger partial charge in [0, 0.05) is 23.7 Å². The summed E-state index contributed by atoms with van der Waals surface area (Å²) in [5.41, 5.74) is 2.85. The second-order valence-electron chi connectivity index (χ2n) is 5.42. The number of hydrogen-bond acceptors (Lipinski definition) is 4. The van der Waals surface area contributed by atoms with Gasteiger partial charge in [-0.2, -0.15) is 5.26 Å². The third-order valence-electron chi connectivity index (χ3n) is 3.89. The van der Waals surface area contributed by atoms with Crippen molar-refractivity contribution in [3.63, 3.8) is 0 Å². The molecule has 0 aliphatic carbocycles. The lowest BCUT2D eigenvalue weighted by atomic mass is 10.00. The Kier molecular flexibility index (Phi) is 4.82. The highest BCUT2D eigenvalue weighted by Crippen LogP contribution is 2.20. The summed E-state index contributed by atoms with van der Waals surface area (Å²) in [7, 11) is 0. The van der Waals surface area contributed by atoms with Gasteiger partial charge in [-0.25, -0.2) is 0 Å². The van der Waals surface area contributed by atoms with Gasteiger partial charge >= 0.3 is 11.8 Å². The predicted molar refractivity (Wildman–Crippen MR) is 92.1 cm³/mol. The number of carbonyl (C=O) groups is 2. The molecule has 0 bridgehead atoms. The summed E-state index contributed by atoms with van der Waals surface area (Å²) < 4.78 is 0. The van der Waals surface area contributed by atoms with Gasteiger partial charge in [-0.15, -0.1) is 0 Å². The fraction of sp³-hybridized carbons (Fsp3) is 0.167. The van der Waals surface area contributed by atoms with Crippen molar-refractivity contribution in [2.75, 3.05) is 11.9 Å². The standard InChI is InChI=1S/C18H15N3O2S/c19-12-24-16-7-5-15(6-8-16)20-17(22)18(23)21-10-9-13-3-1-2-4-14(13)11-21/h1-8H,9-11H2,(H,20,22). The molecule has 1 aliphatic rings. The number of nitrogens with one attached hydrogen (secondary N) is 1. The van der Waals surface area contributed by atoms with Crippen LogP contribution in [0.25, 0.3) is 0 Å². The Morgan fingerprint density at radius 2 is 1.79 bits per heavy atom. The first-order valence-electron chi connectivity index (χ1n) is 7.50. The van der Waals surface area contributed by atoms with E-state index in [0.29, 0.717) is 18.8 Å². The number of nitriles is 1. The first-order chi connectivity index (χ1) is 11.7. The van der Waals surface area contributed by atoms with E-state index in [1.165, 1.54) is 5.56 Å². The summed E-state index contributed by atoms with van der Waals surface area (Å²) in [6.45, 7) is 1.00. The fourth-order valence-corrected chi connectivity index (χ4v) is 3.03. The van der Waals surface area contributed by atoms with Gasteiger partial charge in [0.1, 0.15) is 5.40 Å². The molecular formula is C18H15N3O2S. The van der Waals surface area contributed by atoms with Crippen LogP contribution in [0.5, 0.6) is 0 Å². The predicted octanol–water partition coefficient (Wildman–Crippen LogP) is 2.78. The number of fused-ring (bicyclic) bond motifs is 1. The van der Waals surface area contributed by atoms with E-state index in [1.54, 1.807) is 29.2 Å². The van der Waals surface area contributed by atoms with Crippen molar-refractivity contribution in [2.45, 2.75) is 17.9 Å². The van der Waals surface area contributed by atoms with E-state index >= 15 is 0 Å². The molecule has 5 nitrogen and oxygen atoms in total. The van der Waals surface area contributed by atoms with E-state index in [0.717, 1.165) is 28.6 Å². The summed E-state index contributed by atoms with van der Waals surface area (Å²) in [4.78, 5) is 26.9. The lowest BCUT2D eigenvalue weighted by molar-refractivity contribution is -0.143. The highest BCUT2D eigenvalue weighted by molar-refractivity contribution is 8.03. The van der Waals surface area contributed by atoms with E-state index in [9.17, 15) is 9.59 Å². The molecule has 1 aliphatic heterocycles. The number of rotatable bonds is 2. The lowest BCUT2D eigenvalue weighted by Gasteiger charge is -2.28. The summed E-state index contributed by atoms with van der Waals surface area (Å²) in [6, 6.07) is 14.8. The summed E-state index contributed by atoms with van der Waals surface area (Å²) >= 11 is 1.04. The molecule has 0 saturated carbocycles. The van der Waals surface area contributed by atoms with Crippen LogP contribution in [0.3, 0.4) is 0 Å². The molecule has 6 heteroatoms. The highest BCUT2D eigenvalue weighted by atomic mass is 32.2. The average Bonchev–Trinajstić information content (AvgIpc) is 2.62. The smallest absolute Gasteiger partial charge is 0.313 e. The lowest BCUT2D eigenvalue weighted by Crippen LogP contribution is -2.42. The SMILES string of the molecule is N#CSc1ccc(NC(=O)C(=O)N2CCc3ccccc3C2)cc1. The Morgan fingerprint density at radius 1 is 1.08 bits per heavy atom. The summed E-state index contributed by atoms with van der Waals surface area (Å²) in [5, 5.41) is 13.2. The van der Waals surface area contributed by atoms with Crippen LogP contribution in [-0.4, -0.2) is 23.3 Å². The minimum absolute atomic E-state index is 0.459. The van der Waals surface area contributed by atoms with E-state index in [-0.39, 0.29) is 0 Å². The van der Waals surface area contributed by atoms with Gasteiger partial charge in [0.2, 0.25) is 0 Å². The molecule has 0 unspecified atom stereocenters. The fourth-order valence-electron chi connectivity index (χ4n) is 2.66. The van der Waals surface area contributed by atoms with E-state index in [4.69, 9.17) is 5.26 Å². The second kappa shape index (κ2) is 7.20. The van der Waals surface area contributed by atoms with Crippen LogP contribution in [-0.2, 0) is 22.6 Å². The quantitative estimate of drug-likeness (QED) is 0.519. The minimum Gasteiger partial charge on any atom is -0.330 e. The second-order valence-corrected chi connectivity index (χ2v) is 6.28. The van der Waals surface area contributed by atoms with E-state index in [2.05, 4.69) is 11.4 Å². The van der Waals surface area contributed by atoms with E-state index in [1.807, 2.05) is 23.6 Å². The molecule has 2 aromatic carbocycles. The third-order valence-corrected chi connectivity index (χ3v) is 4.49. The van der Waals surface area contributed by atoms with Crippen LogP contribution in [0, 0.1) is 10.7 Å². The number of amides is 2. The maximum absolute atomic E-state index is 12.3. The minimum atomic E-state index is -0.643. The normalized spacial score (nSPS) is 12.9. The number of anilines is 1. The largest absolute Gasteiger partial charge is 0.330 e. The Labute approximate surface area is 144 Å². The Morgan fingerprint density at radius 3 is 2.50 bits per heavy atom. The van der Waals surface area contributed by atoms with Crippen molar-refractivity contribution in [1.82, 2.24) is 4.90 Å². The maximum Gasteiger partial charge on any atom is 0.313 e. The molecule has 120 valence electrons. The zero-order valence-electron chi connectivity index (χ0n) is 12.9. The van der Waals surface area contributed by atoms with Crippen molar-refractivity contribution in [3.05, 3.63) is 59.7 Å². The molecule has 0 radical (unpaired) electrons. The summed E-state index contributed by atoms with van der Waals surface area (Å²) in [5.74, 6) is -1.17. The van der Waals surface area contributed by atoms with Crippen molar-refractivity contribution < 1.29 is 9.59 Å². The zero-order valence-corrected chi connectivity index (χ0v) is 13.7. The number of carbonyl (C=O) groups excluding carboxylic acids is 2. The molecule has 1 N–H and O–H groups in total. The number of thioether (sulfide) groups is 1. The topological polar surface area (TPSA) is 73.2 Å². The molecule has 0 spiro atoms. The van der Waals surface area contributed by atoms with Crippen LogP contribution in [0.4, 0.5) is 5.69 Å². The Balaban J connectivity index is 1.63. The number of thiocyanates is 1. The van der Waals surface area contributed by atoms with Crippen LogP contribution in [0.1, 0.15) is 11.1 Å². The molecule has 3 rings (SSSR count). The van der Waals surface area contributed by atoms with Crippen LogP contribution < -0.4 is 5.32 Å². The van der Waals surface area contributed by atoms with Crippen LogP contribution in [0.15, 0.2) is 53.4 Å². The Bertz CT molecular complexity index is 812. The third kappa shape index (κ3) is 3.58. The summed E-state index contributed by atoms with van der Waals surface area (Å²) in [6.07, 6.45) is 0.759. The molecule has 2 amide bonds. The molecule has 0 fully saturated rings. The van der Waals surface area contributed by atoms with Crippen molar-refractivity contribution >= 4 is 29.3 Å². The number of benzene rings is 2. The number of hydrogen-bond donors (Lipinski definition) is 1. The molecular weight excluding hydrogens is 322 g/mol. The first-order valence-corrected chi connectivity index (χ1v) is 8.32. The van der Waals surface area contributed by atoms with Gasteiger partial charge in [0.05, 0.1) is 0 Å². The average molecular weight is 337 g/mol. The van der Waals surface area contributed by atoms with Gasteiger partial charge in [0.15, 0.2) is 0 Å². The molecule has 0 aromatic heterocycles. The van der Waals surface area contributed by atoms with Gasteiger partial charge < -0.3 is 10.2 Å².